The number of hydrogen-bond donors (Lipinski definition) is 1. The molecule has 13 heavy (non-hydrogen) atoms. The predicted molar refractivity (Wildman–Crippen MR) is 57.0 cm³/mol. The van der Waals surface area contributed by atoms with E-state index < -0.39 is 0 Å². The Morgan fingerprint density at radius 1 is 1.69 bits per heavy atom. The SMILES string of the molecule is B[C@@H]1OCC(O[C@H](C)S)C1OCC. The lowest BCUT2D eigenvalue weighted by Gasteiger charge is -2.22. The first-order valence-electron chi connectivity index (χ1n) is 4.72. The van der Waals surface area contributed by atoms with Crippen molar-refractivity contribution in [2.45, 2.75) is 37.5 Å². The molecule has 0 aromatic rings. The summed E-state index contributed by atoms with van der Waals surface area (Å²) in [6, 6.07) is 0.122. The first-order chi connectivity index (χ1) is 6.15. The molecule has 1 saturated heterocycles. The Morgan fingerprint density at radius 3 is 2.92 bits per heavy atom. The lowest BCUT2D eigenvalue weighted by molar-refractivity contribution is -0.0510. The van der Waals surface area contributed by atoms with Gasteiger partial charge in [0.1, 0.15) is 20.1 Å². The van der Waals surface area contributed by atoms with E-state index in [0.29, 0.717) is 13.2 Å². The van der Waals surface area contributed by atoms with Gasteiger partial charge in [0.2, 0.25) is 0 Å². The molecule has 0 saturated carbocycles. The minimum absolute atomic E-state index is 0.0300. The maximum absolute atomic E-state index is 5.56. The van der Waals surface area contributed by atoms with E-state index in [1.54, 1.807) is 0 Å². The van der Waals surface area contributed by atoms with Crippen LogP contribution in [0.15, 0.2) is 0 Å². The summed E-state index contributed by atoms with van der Waals surface area (Å²) >= 11 is 4.18. The van der Waals surface area contributed by atoms with Gasteiger partial charge in [-0.05, 0) is 13.8 Å². The van der Waals surface area contributed by atoms with E-state index in [2.05, 4.69) is 12.6 Å². The minimum atomic E-state index is -0.0677. The van der Waals surface area contributed by atoms with Gasteiger partial charge in [-0.3, -0.25) is 0 Å². The molecular weight excluding hydrogens is 187 g/mol. The molecule has 0 aliphatic carbocycles. The Balaban J connectivity index is 2.43. The average Bonchev–Trinajstić information content (AvgIpc) is 2.35. The van der Waals surface area contributed by atoms with Crippen molar-refractivity contribution in [3.8, 4) is 0 Å². The van der Waals surface area contributed by atoms with E-state index in [4.69, 9.17) is 14.2 Å². The van der Waals surface area contributed by atoms with E-state index in [1.165, 1.54) is 0 Å². The zero-order chi connectivity index (χ0) is 9.84. The van der Waals surface area contributed by atoms with Crippen LogP contribution in [0.4, 0.5) is 0 Å². The molecule has 1 heterocycles. The summed E-state index contributed by atoms with van der Waals surface area (Å²) in [5, 5.41) is 0. The molecule has 2 unspecified atom stereocenters. The highest BCUT2D eigenvalue weighted by molar-refractivity contribution is 7.80. The normalized spacial score (nSPS) is 36.4. The summed E-state index contributed by atoms with van der Waals surface area (Å²) in [7, 11) is 2.01. The molecule has 1 aliphatic rings. The van der Waals surface area contributed by atoms with Gasteiger partial charge in [0.05, 0.1) is 18.0 Å². The Kier molecular flexibility index (Phi) is 4.59. The van der Waals surface area contributed by atoms with Crippen molar-refractivity contribution >= 4 is 20.5 Å². The van der Waals surface area contributed by atoms with E-state index in [9.17, 15) is 0 Å². The zero-order valence-corrected chi connectivity index (χ0v) is 9.29. The first kappa shape index (κ1) is 11.4. The van der Waals surface area contributed by atoms with E-state index in [-0.39, 0.29) is 23.6 Å². The Labute approximate surface area is 85.9 Å². The van der Waals surface area contributed by atoms with Crippen LogP contribution in [-0.4, -0.2) is 44.7 Å². The first-order valence-corrected chi connectivity index (χ1v) is 5.23. The van der Waals surface area contributed by atoms with Crippen LogP contribution in [0, 0.1) is 0 Å². The fourth-order valence-corrected chi connectivity index (χ4v) is 1.70. The van der Waals surface area contributed by atoms with Crippen LogP contribution >= 0.6 is 12.6 Å². The molecule has 0 spiro atoms. The topological polar surface area (TPSA) is 27.7 Å². The largest absolute Gasteiger partial charge is 0.382 e. The molecule has 0 aromatic heterocycles. The van der Waals surface area contributed by atoms with Crippen molar-refractivity contribution in [3.63, 3.8) is 0 Å². The van der Waals surface area contributed by atoms with Gasteiger partial charge in [-0.15, -0.1) is 12.6 Å². The third-order valence-corrected chi connectivity index (χ3v) is 2.21. The fourth-order valence-electron chi connectivity index (χ4n) is 1.54. The zero-order valence-electron chi connectivity index (χ0n) is 8.40. The van der Waals surface area contributed by atoms with E-state index in [1.807, 2.05) is 21.7 Å². The predicted octanol–water partition coefficient (Wildman–Crippen LogP) is 0.0419. The molecule has 1 aliphatic heterocycles. The molecule has 0 aromatic carbocycles. The van der Waals surface area contributed by atoms with Gasteiger partial charge >= 0.3 is 0 Å². The lowest BCUT2D eigenvalue weighted by Crippen LogP contribution is -2.36. The van der Waals surface area contributed by atoms with Crippen molar-refractivity contribution < 1.29 is 14.2 Å². The Morgan fingerprint density at radius 2 is 2.38 bits per heavy atom. The smallest absolute Gasteiger partial charge is 0.142 e. The Hall–Kier alpha value is 0.295. The van der Waals surface area contributed by atoms with Crippen molar-refractivity contribution in [1.29, 1.82) is 0 Å². The van der Waals surface area contributed by atoms with Crippen molar-refractivity contribution in [2.24, 2.45) is 0 Å². The van der Waals surface area contributed by atoms with Crippen LogP contribution in [-0.2, 0) is 14.2 Å². The van der Waals surface area contributed by atoms with Crippen LogP contribution in [0.3, 0.4) is 0 Å². The highest BCUT2D eigenvalue weighted by Crippen LogP contribution is 2.20. The molecule has 76 valence electrons. The second-order valence-corrected chi connectivity index (χ2v) is 3.96. The summed E-state index contributed by atoms with van der Waals surface area (Å²) < 4.78 is 16.6. The second kappa shape index (κ2) is 5.24. The maximum atomic E-state index is 5.56. The summed E-state index contributed by atoms with van der Waals surface area (Å²) in [5.41, 5.74) is -0.0677. The van der Waals surface area contributed by atoms with Crippen LogP contribution in [0.2, 0.25) is 0 Å². The highest BCUT2D eigenvalue weighted by Gasteiger charge is 2.36. The monoisotopic (exact) mass is 204 g/mol. The molecular formula is C8H17BO3S. The highest BCUT2D eigenvalue weighted by atomic mass is 32.1. The Bertz CT molecular complexity index is 156. The van der Waals surface area contributed by atoms with Gasteiger partial charge in [-0.25, -0.2) is 0 Å². The van der Waals surface area contributed by atoms with Gasteiger partial charge in [0.25, 0.3) is 0 Å². The third-order valence-electron chi connectivity index (χ3n) is 2.08. The standard InChI is InChI=1S/C8H17BO3S/c1-3-10-7-6(12-5(2)13)4-11-8(7)9/h5-8,13H,3-4,9H2,1-2H3/t5-,6?,7?,8+/m0/s1. The number of thiol groups is 1. The van der Waals surface area contributed by atoms with E-state index >= 15 is 0 Å². The summed E-state index contributed by atoms with van der Waals surface area (Å²) in [4.78, 5) is 0. The minimum Gasteiger partial charge on any atom is -0.382 e. The van der Waals surface area contributed by atoms with Gasteiger partial charge in [-0.2, -0.15) is 0 Å². The van der Waals surface area contributed by atoms with Gasteiger partial charge in [0.15, 0.2) is 0 Å². The molecule has 1 rings (SSSR count). The molecule has 0 radical (unpaired) electrons. The van der Waals surface area contributed by atoms with Gasteiger partial charge in [0, 0.05) is 6.61 Å². The van der Waals surface area contributed by atoms with Crippen LogP contribution in [0.1, 0.15) is 13.8 Å². The summed E-state index contributed by atoms with van der Waals surface area (Å²) in [5.74, 6) is 0. The number of hydrogen-bond acceptors (Lipinski definition) is 4. The summed E-state index contributed by atoms with van der Waals surface area (Å²) in [6.45, 7) is 5.18. The molecule has 3 nitrogen and oxygen atoms in total. The van der Waals surface area contributed by atoms with Crippen LogP contribution in [0.25, 0.3) is 0 Å². The second-order valence-electron chi connectivity index (χ2n) is 3.23. The number of rotatable bonds is 4. The number of ether oxygens (including phenoxy) is 3. The quantitative estimate of drug-likeness (QED) is 0.398. The van der Waals surface area contributed by atoms with E-state index in [0.717, 1.165) is 0 Å². The van der Waals surface area contributed by atoms with Gasteiger partial charge < -0.3 is 14.2 Å². The summed E-state index contributed by atoms with van der Waals surface area (Å²) in [6.07, 6.45) is 0.0852. The van der Waals surface area contributed by atoms with Crippen molar-refractivity contribution in [3.05, 3.63) is 0 Å². The van der Waals surface area contributed by atoms with Crippen molar-refractivity contribution in [2.75, 3.05) is 13.2 Å². The third kappa shape index (κ3) is 3.16. The fraction of sp³-hybridized carbons (Fsp3) is 1.00. The van der Waals surface area contributed by atoms with Gasteiger partial charge in [-0.1, -0.05) is 0 Å². The van der Waals surface area contributed by atoms with Crippen LogP contribution in [0.5, 0.6) is 0 Å². The lowest BCUT2D eigenvalue weighted by atomic mass is 9.93. The van der Waals surface area contributed by atoms with Crippen molar-refractivity contribution in [1.82, 2.24) is 0 Å². The molecule has 5 heteroatoms. The van der Waals surface area contributed by atoms with Crippen LogP contribution < -0.4 is 0 Å². The molecule has 0 N–H and O–H groups in total. The molecule has 1 fully saturated rings. The molecule has 4 atom stereocenters. The maximum Gasteiger partial charge on any atom is 0.142 e. The molecule has 0 amide bonds. The molecule has 0 bridgehead atoms. The average molecular weight is 204 g/mol.